The molecule has 0 radical (unpaired) electrons. The molecule has 1 N–H and O–H groups in total. The average molecular weight is 308 g/mol. The number of nitrogens with one attached hydrogen (secondary N) is 1. The van der Waals surface area contributed by atoms with Crippen LogP contribution in [0.2, 0.25) is 0 Å². The van der Waals surface area contributed by atoms with Crippen molar-refractivity contribution in [3.63, 3.8) is 0 Å². The summed E-state index contributed by atoms with van der Waals surface area (Å²) in [6.45, 7) is 6.26. The van der Waals surface area contributed by atoms with Gasteiger partial charge in [0.2, 0.25) is 0 Å². The fourth-order valence-electron chi connectivity index (χ4n) is 2.68. The second kappa shape index (κ2) is 8.54. The molecule has 0 aliphatic carbocycles. The Morgan fingerprint density at radius 1 is 1.19 bits per heavy atom. The molecule has 118 valence electrons. The van der Waals surface area contributed by atoms with E-state index in [0.717, 1.165) is 19.5 Å². The van der Waals surface area contributed by atoms with Gasteiger partial charge in [0, 0.05) is 47.6 Å². The maximum atomic E-state index is 11.3. The molecule has 3 nitrogen and oxygen atoms in total. The number of piperidine rings is 1. The largest absolute Gasteiger partial charge is 0.372 e. The monoisotopic (exact) mass is 308 g/mol. The Morgan fingerprint density at radius 2 is 1.86 bits per heavy atom. The summed E-state index contributed by atoms with van der Waals surface area (Å²) in [6, 6.07) is 8.93. The van der Waals surface area contributed by atoms with Crippen LogP contribution in [0.5, 0.6) is 0 Å². The molecule has 1 aliphatic rings. The second-order valence-corrected chi connectivity index (χ2v) is 7.79. The first kappa shape index (κ1) is 16.5. The van der Waals surface area contributed by atoms with Crippen LogP contribution in [0.1, 0.15) is 38.2 Å². The quantitative estimate of drug-likeness (QED) is 0.786. The SMILES string of the molecule is CC(CCNCc1ccc(N2CCCCC2)cc1)S(C)=O. The van der Waals surface area contributed by atoms with Gasteiger partial charge in [0.25, 0.3) is 0 Å². The number of hydrogen-bond acceptors (Lipinski definition) is 3. The lowest BCUT2D eigenvalue weighted by Crippen LogP contribution is -2.29. The summed E-state index contributed by atoms with van der Waals surface area (Å²) in [5.41, 5.74) is 2.68. The van der Waals surface area contributed by atoms with Crippen molar-refractivity contribution in [3.05, 3.63) is 29.8 Å². The molecule has 2 unspecified atom stereocenters. The molecule has 2 atom stereocenters. The van der Waals surface area contributed by atoms with Gasteiger partial charge in [-0.2, -0.15) is 0 Å². The van der Waals surface area contributed by atoms with Gasteiger partial charge < -0.3 is 10.2 Å². The minimum absolute atomic E-state index is 0.277. The van der Waals surface area contributed by atoms with E-state index in [1.807, 2.05) is 6.92 Å². The third kappa shape index (κ3) is 5.44. The Bertz CT molecular complexity index is 441. The van der Waals surface area contributed by atoms with Crippen LogP contribution in [0, 0.1) is 0 Å². The first-order valence-electron chi connectivity index (χ1n) is 8.03. The maximum absolute atomic E-state index is 11.3. The molecule has 1 heterocycles. The topological polar surface area (TPSA) is 32.3 Å². The highest BCUT2D eigenvalue weighted by molar-refractivity contribution is 7.84. The Kier molecular flexibility index (Phi) is 6.71. The molecule has 0 spiro atoms. The van der Waals surface area contributed by atoms with Gasteiger partial charge in [-0.25, -0.2) is 0 Å². The predicted molar refractivity (Wildman–Crippen MR) is 92.4 cm³/mol. The molecule has 1 aliphatic heterocycles. The van der Waals surface area contributed by atoms with E-state index in [1.54, 1.807) is 6.26 Å². The fourth-order valence-corrected chi connectivity index (χ4v) is 3.13. The van der Waals surface area contributed by atoms with Gasteiger partial charge in [0.05, 0.1) is 0 Å². The van der Waals surface area contributed by atoms with Crippen molar-refractivity contribution in [2.24, 2.45) is 0 Å². The molecular formula is C17H28N2OS. The van der Waals surface area contributed by atoms with Crippen LogP contribution in [-0.4, -0.2) is 35.3 Å². The van der Waals surface area contributed by atoms with E-state index in [-0.39, 0.29) is 5.25 Å². The Hall–Kier alpha value is -0.870. The average Bonchev–Trinajstić information content (AvgIpc) is 2.52. The molecular weight excluding hydrogens is 280 g/mol. The van der Waals surface area contributed by atoms with E-state index in [4.69, 9.17) is 0 Å². The molecule has 1 aromatic rings. The number of nitrogens with zero attached hydrogens (tertiary/aromatic N) is 1. The summed E-state index contributed by atoms with van der Waals surface area (Å²) >= 11 is 0. The number of rotatable bonds is 7. The zero-order chi connectivity index (χ0) is 15.1. The lowest BCUT2D eigenvalue weighted by molar-refractivity contribution is 0.577. The van der Waals surface area contributed by atoms with E-state index in [2.05, 4.69) is 34.5 Å². The summed E-state index contributed by atoms with van der Waals surface area (Å²) in [5.74, 6) is 0. The van der Waals surface area contributed by atoms with E-state index in [9.17, 15) is 4.21 Å². The minimum atomic E-state index is -0.710. The van der Waals surface area contributed by atoms with Crippen LogP contribution in [0.3, 0.4) is 0 Å². The molecule has 4 heteroatoms. The number of hydrogen-bond donors (Lipinski definition) is 1. The van der Waals surface area contributed by atoms with Gasteiger partial charge >= 0.3 is 0 Å². The molecule has 1 aromatic carbocycles. The van der Waals surface area contributed by atoms with E-state index >= 15 is 0 Å². The first-order valence-corrected chi connectivity index (χ1v) is 9.66. The highest BCUT2D eigenvalue weighted by Gasteiger charge is 2.10. The molecule has 0 bridgehead atoms. The molecule has 1 fully saturated rings. The lowest BCUT2D eigenvalue weighted by atomic mass is 10.1. The van der Waals surface area contributed by atoms with Crippen LogP contribution in [0.15, 0.2) is 24.3 Å². The van der Waals surface area contributed by atoms with Gasteiger partial charge in [0.15, 0.2) is 0 Å². The third-order valence-electron chi connectivity index (χ3n) is 4.28. The van der Waals surface area contributed by atoms with Crippen LogP contribution in [0.25, 0.3) is 0 Å². The van der Waals surface area contributed by atoms with Crippen LogP contribution in [0.4, 0.5) is 5.69 Å². The summed E-state index contributed by atoms with van der Waals surface area (Å²) in [5, 5.41) is 3.72. The van der Waals surface area contributed by atoms with Gasteiger partial charge in [-0.15, -0.1) is 0 Å². The van der Waals surface area contributed by atoms with Crippen LogP contribution >= 0.6 is 0 Å². The summed E-state index contributed by atoms with van der Waals surface area (Å²) < 4.78 is 11.3. The Labute approximate surface area is 131 Å². The van der Waals surface area contributed by atoms with E-state index in [0.29, 0.717) is 0 Å². The fraction of sp³-hybridized carbons (Fsp3) is 0.647. The van der Waals surface area contributed by atoms with Gasteiger partial charge in [0.1, 0.15) is 0 Å². The van der Waals surface area contributed by atoms with E-state index < -0.39 is 10.8 Å². The minimum Gasteiger partial charge on any atom is -0.372 e. The van der Waals surface area contributed by atoms with Crippen molar-refractivity contribution in [2.45, 2.75) is 44.4 Å². The van der Waals surface area contributed by atoms with Crippen molar-refractivity contribution in [1.29, 1.82) is 0 Å². The standard InChI is InChI=1S/C17H28N2OS/c1-15(21(2)20)10-11-18-14-16-6-8-17(9-7-16)19-12-4-3-5-13-19/h6-9,15,18H,3-5,10-14H2,1-2H3. The number of anilines is 1. The normalized spacial score (nSPS) is 18.5. The highest BCUT2D eigenvalue weighted by Crippen LogP contribution is 2.20. The molecule has 21 heavy (non-hydrogen) atoms. The smallest absolute Gasteiger partial charge is 0.0366 e. The van der Waals surface area contributed by atoms with Crippen molar-refractivity contribution in [3.8, 4) is 0 Å². The van der Waals surface area contributed by atoms with Gasteiger partial charge in [-0.1, -0.05) is 19.1 Å². The summed E-state index contributed by atoms with van der Waals surface area (Å²) in [4.78, 5) is 2.49. The molecule has 0 amide bonds. The van der Waals surface area contributed by atoms with Crippen molar-refractivity contribution in [1.82, 2.24) is 5.32 Å². The summed E-state index contributed by atoms with van der Waals surface area (Å²) in [7, 11) is -0.710. The van der Waals surface area contributed by atoms with E-state index in [1.165, 1.54) is 43.6 Å². The number of benzene rings is 1. The zero-order valence-electron chi connectivity index (χ0n) is 13.3. The predicted octanol–water partition coefficient (Wildman–Crippen LogP) is 2.92. The second-order valence-electron chi connectivity index (χ2n) is 5.99. The lowest BCUT2D eigenvalue weighted by Gasteiger charge is -2.28. The third-order valence-corrected chi connectivity index (χ3v) is 5.65. The Morgan fingerprint density at radius 3 is 2.48 bits per heavy atom. The summed E-state index contributed by atoms with van der Waals surface area (Å²) in [6.07, 6.45) is 6.76. The maximum Gasteiger partial charge on any atom is 0.0366 e. The zero-order valence-corrected chi connectivity index (χ0v) is 14.1. The van der Waals surface area contributed by atoms with Crippen molar-refractivity contribution in [2.75, 3.05) is 30.8 Å². The molecule has 0 saturated carbocycles. The van der Waals surface area contributed by atoms with Gasteiger partial charge in [-0.05, 0) is 49.9 Å². The van der Waals surface area contributed by atoms with Crippen molar-refractivity contribution < 1.29 is 4.21 Å². The molecule has 1 saturated heterocycles. The van der Waals surface area contributed by atoms with Crippen LogP contribution in [-0.2, 0) is 17.3 Å². The van der Waals surface area contributed by atoms with Gasteiger partial charge in [-0.3, -0.25) is 4.21 Å². The molecule has 2 rings (SSSR count). The first-order chi connectivity index (χ1) is 10.2. The highest BCUT2D eigenvalue weighted by atomic mass is 32.2. The van der Waals surface area contributed by atoms with Crippen molar-refractivity contribution >= 4 is 16.5 Å². The van der Waals surface area contributed by atoms with Crippen LogP contribution < -0.4 is 10.2 Å². The molecule has 0 aromatic heterocycles. The Balaban J connectivity index is 1.73.